The van der Waals surface area contributed by atoms with Crippen LogP contribution in [0.15, 0.2) is 24.3 Å². The van der Waals surface area contributed by atoms with E-state index in [0.29, 0.717) is 25.9 Å². The van der Waals surface area contributed by atoms with Crippen molar-refractivity contribution in [1.82, 2.24) is 5.32 Å². The Morgan fingerprint density at radius 2 is 0.641 bits per heavy atom. The van der Waals surface area contributed by atoms with Crippen LogP contribution in [0.2, 0.25) is 0 Å². The van der Waals surface area contributed by atoms with Crippen LogP contribution in [-0.4, -0.2) is 47.4 Å². The molecule has 0 aliphatic rings. The standard InChI is InChI=1S/C72H139NO5/c1-3-5-7-9-11-13-15-17-19-21-29-34-38-42-46-50-54-58-62-66-72(77)78-67-63-59-55-51-47-43-39-35-31-28-26-24-22-23-25-27-30-33-37-41-45-49-53-57-61-65-71(76)73-69(68-74)70(75)64-60-56-52-48-44-40-36-32-20-18-16-14-12-10-8-6-4-2/h11,13,17,19,69-70,74-75H,3-10,12,14-16,18,20-68H2,1-2H3,(H,73,76)/b13-11-,19-17-. The highest BCUT2D eigenvalue weighted by Gasteiger charge is 2.20. The SMILES string of the molecule is CCCCC/C=C\C/C=C\CCCCCCCCCCCC(=O)OCCCCCCCCCCCCCCCCCCCCCCCCCCCC(=O)NC(CO)C(O)CCCCCCCCCCCCCCCCCCC. The fraction of sp³-hybridized carbons (Fsp3) is 0.917. The van der Waals surface area contributed by atoms with Crippen molar-refractivity contribution in [3.05, 3.63) is 24.3 Å². The van der Waals surface area contributed by atoms with Crippen LogP contribution >= 0.6 is 0 Å². The summed E-state index contributed by atoms with van der Waals surface area (Å²) in [6.07, 6.45) is 85.1. The number of allylic oxidation sites excluding steroid dienone is 4. The first kappa shape index (κ1) is 76.3. The van der Waals surface area contributed by atoms with Gasteiger partial charge in [-0.1, -0.05) is 353 Å². The third-order valence-electron chi connectivity index (χ3n) is 16.8. The molecule has 1 amide bonds. The molecule has 6 heteroatoms. The fourth-order valence-electron chi connectivity index (χ4n) is 11.3. The average Bonchev–Trinajstić information content (AvgIpc) is 3.44. The van der Waals surface area contributed by atoms with E-state index in [0.717, 1.165) is 51.4 Å². The van der Waals surface area contributed by atoms with Gasteiger partial charge in [-0.25, -0.2) is 0 Å². The van der Waals surface area contributed by atoms with Crippen LogP contribution in [0.4, 0.5) is 0 Å². The summed E-state index contributed by atoms with van der Waals surface area (Å²) in [4.78, 5) is 24.6. The topological polar surface area (TPSA) is 95.9 Å². The van der Waals surface area contributed by atoms with Crippen molar-refractivity contribution < 1.29 is 24.5 Å². The van der Waals surface area contributed by atoms with Gasteiger partial charge in [0.15, 0.2) is 0 Å². The van der Waals surface area contributed by atoms with Crippen LogP contribution in [0, 0.1) is 0 Å². The second kappa shape index (κ2) is 67.8. The van der Waals surface area contributed by atoms with Gasteiger partial charge in [-0.15, -0.1) is 0 Å². The summed E-state index contributed by atoms with van der Waals surface area (Å²) in [5, 5.41) is 23.4. The van der Waals surface area contributed by atoms with Crippen LogP contribution in [0.1, 0.15) is 399 Å². The number of amides is 1. The number of ether oxygens (including phenoxy) is 1. The summed E-state index contributed by atoms with van der Waals surface area (Å²) in [5.41, 5.74) is 0. The van der Waals surface area contributed by atoms with Crippen LogP contribution in [0.25, 0.3) is 0 Å². The zero-order chi connectivity index (χ0) is 56.4. The van der Waals surface area contributed by atoms with E-state index in [1.807, 2.05) is 0 Å². The summed E-state index contributed by atoms with van der Waals surface area (Å²) in [7, 11) is 0. The zero-order valence-electron chi connectivity index (χ0n) is 52.9. The molecule has 0 radical (unpaired) electrons. The van der Waals surface area contributed by atoms with Gasteiger partial charge < -0.3 is 20.3 Å². The first-order valence-corrected chi connectivity index (χ1v) is 35.6. The Bertz CT molecular complexity index is 1220. The molecule has 3 N–H and O–H groups in total. The van der Waals surface area contributed by atoms with Crippen LogP contribution in [-0.2, 0) is 14.3 Å². The molecule has 0 rings (SSSR count). The van der Waals surface area contributed by atoms with Crippen molar-refractivity contribution in [3.8, 4) is 0 Å². The molecule has 2 atom stereocenters. The molecule has 0 saturated carbocycles. The number of hydrogen-bond donors (Lipinski definition) is 3. The van der Waals surface area contributed by atoms with Gasteiger partial charge in [0.1, 0.15) is 0 Å². The van der Waals surface area contributed by atoms with Gasteiger partial charge in [-0.05, 0) is 57.8 Å². The molecular formula is C72H139NO5. The average molecular weight is 1100 g/mol. The van der Waals surface area contributed by atoms with Gasteiger partial charge in [-0.3, -0.25) is 9.59 Å². The monoisotopic (exact) mass is 1100 g/mol. The predicted molar refractivity (Wildman–Crippen MR) is 343 cm³/mol. The van der Waals surface area contributed by atoms with E-state index in [9.17, 15) is 19.8 Å². The highest BCUT2D eigenvalue weighted by Crippen LogP contribution is 2.19. The number of hydrogen-bond acceptors (Lipinski definition) is 5. The minimum atomic E-state index is -0.663. The van der Waals surface area contributed by atoms with E-state index in [-0.39, 0.29) is 18.5 Å². The Hall–Kier alpha value is -1.66. The Labute approximate surface area is 488 Å². The summed E-state index contributed by atoms with van der Waals surface area (Å²) >= 11 is 0. The van der Waals surface area contributed by atoms with E-state index in [2.05, 4.69) is 43.5 Å². The van der Waals surface area contributed by atoms with Crippen LogP contribution in [0.3, 0.4) is 0 Å². The number of nitrogens with one attached hydrogen (secondary N) is 1. The third-order valence-corrected chi connectivity index (χ3v) is 16.8. The normalized spacial score (nSPS) is 12.6. The zero-order valence-corrected chi connectivity index (χ0v) is 52.9. The molecule has 0 aromatic heterocycles. The fourth-order valence-corrected chi connectivity index (χ4v) is 11.3. The molecule has 0 aliphatic carbocycles. The van der Waals surface area contributed by atoms with Gasteiger partial charge in [0, 0.05) is 12.8 Å². The summed E-state index contributed by atoms with van der Waals surface area (Å²) in [6.45, 7) is 4.97. The molecule has 6 nitrogen and oxygen atoms in total. The number of aliphatic hydroxyl groups is 2. The van der Waals surface area contributed by atoms with E-state index in [1.54, 1.807) is 0 Å². The molecule has 2 unspecified atom stereocenters. The summed E-state index contributed by atoms with van der Waals surface area (Å²) in [5.74, 6) is -0.0161. The van der Waals surface area contributed by atoms with Crippen molar-refractivity contribution in [1.29, 1.82) is 0 Å². The van der Waals surface area contributed by atoms with E-state index < -0.39 is 12.1 Å². The minimum absolute atomic E-state index is 0.0135. The van der Waals surface area contributed by atoms with Crippen LogP contribution < -0.4 is 5.32 Å². The minimum Gasteiger partial charge on any atom is -0.466 e. The summed E-state index contributed by atoms with van der Waals surface area (Å²) < 4.78 is 5.51. The lowest BCUT2D eigenvalue weighted by atomic mass is 10.0. The molecule has 0 saturated heterocycles. The summed E-state index contributed by atoms with van der Waals surface area (Å²) in [6, 6.07) is -0.540. The van der Waals surface area contributed by atoms with Gasteiger partial charge in [0.25, 0.3) is 0 Å². The molecule has 0 aliphatic heterocycles. The molecule has 0 aromatic rings. The lowest BCUT2D eigenvalue weighted by molar-refractivity contribution is -0.143. The maximum Gasteiger partial charge on any atom is 0.305 e. The first-order valence-electron chi connectivity index (χ1n) is 35.6. The Morgan fingerprint density at radius 1 is 0.359 bits per heavy atom. The number of unbranched alkanes of at least 4 members (excludes halogenated alkanes) is 52. The van der Waals surface area contributed by atoms with Crippen molar-refractivity contribution in [2.75, 3.05) is 13.2 Å². The molecule has 0 fully saturated rings. The highest BCUT2D eigenvalue weighted by molar-refractivity contribution is 5.76. The lowest BCUT2D eigenvalue weighted by Crippen LogP contribution is -2.45. The molecule has 462 valence electrons. The third kappa shape index (κ3) is 63.5. The van der Waals surface area contributed by atoms with E-state index >= 15 is 0 Å². The molecule has 0 aromatic carbocycles. The van der Waals surface area contributed by atoms with Crippen molar-refractivity contribution in [2.24, 2.45) is 0 Å². The molecule has 78 heavy (non-hydrogen) atoms. The second-order valence-electron chi connectivity index (χ2n) is 24.6. The largest absolute Gasteiger partial charge is 0.466 e. The van der Waals surface area contributed by atoms with Gasteiger partial charge in [-0.2, -0.15) is 0 Å². The second-order valence-corrected chi connectivity index (χ2v) is 24.6. The lowest BCUT2D eigenvalue weighted by Gasteiger charge is -2.22. The molecular weight excluding hydrogens is 959 g/mol. The molecule has 0 spiro atoms. The maximum absolute atomic E-state index is 12.5. The molecule has 0 heterocycles. The van der Waals surface area contributed by atoms with Crippen molar-refractivity contribution in [3.63, 3.8) is 0 Å². The van der Waals surface area contributed by atoms with E-state index in [4.69, 9.17) is 4.74 Å². The van der Waals surface area contributed by atoms with Crippen LogP contribution in [0.5, 0.6) is 0 Å². The Balaban J connectivity index is 3.34. The van der Waals surface area contributed by atoms with Crippen molar-refractivity contribution >= 4 is 11.9 Å². The van der Waals surface area contributed by atoms with Crippen molar-refractivity contribution in [2.45, 2.75) is 411 Å². The number of aliphatic hydroxyl groups excluding tert-OH is 2. The Kier molecular flexibility index (Phi) is 66.4. The van der Waals surface area contributed by atoms with Gasteiger partial charge >= 0.3 is 5.97 Å². The smallest absolute Gasteiger partial charge is 0.305 e. The van der Waals surface area contributed by atoms with Gasteiger partial charge in [0.05, 0.1) is 25.4 Å². The molecule has 0 bridgehead atoms. The number of carbonyl (C=O) groups excluding carboxylic acids is 2. The quantitative estimate of drug-likeness (QED) is 0.0320. The highest BCUT2D eigenvalue weighted by atomic mass is 16.5. The predicted octanol–water partition coefficient (Wildman–Crippen LogP) is 22.9. The number of carbonyl (C=O) groups is 2. The Morgan fingerprint density at radius 3 is 1.00 bits per heavy atom. The number of esters is 1. The van der Waals surface area contributed by atoms with Gasteiger partial charge in [0.2, 0.25) is 5.91 Å². The number of rotatable bonds is 67. The van der Waals surface area contributed by atoms with E-state index in [1.165, 1.54) is 315 Å². The first-order chi connectivity index (χ1) is 38.5. The maximum atomic E-state index is 12.5.